The summed E-state index contributed by atoms with van der Waals surface area (Å²) in [5.74, 6) is -8.86. The van der Waals surface area contributed by atoms with Gasteiger partial charge in [-0.05, 0) is 60.8 Å². The third-order valence-electron chi connectivity index (χ3n) is 12.4. The fraction of sp³-hybridized carbons (Fsp3) is 0.500. The molecule has 18 N–H and O–H groups in total. The van der Waals surface area contributed by atoms with Crippen LogP contribution in [0.3, 0.4) is 0 Å². The Morgan fingerprint density at radius 1 is 0.737 bits per heavy atom. The van der Waals surface area contributed by atoms with Gasteiger partial charge in [0, 0.05) is 44.2 Å². The van der Waals surface area contributed by atoms with E-state index in [0.717, 1.165) is 11.3 Å². The zero-order chi connectivity index (χ0) is 56.6. The van der Waals surface area contributed by atoms with Crippen molar-refractivity contribution in [2.75, 3.05) is 13.1 Å². The minimum Gasteiger partial charge on any atom is -0.508 e. The molecule has 1 aliphatic heterocycles. The quantitative estimate of drug-likeness (QED) is 0.0226. The zero-order valence-electron chi connectivity index (χ0n) is 43.0. The fourth-order valence-corrected chi connectivity index (χ4v) is 7.95. The number of carbonyl (C=O) groups excluding carboxylic acids is 6. The van der Waals surface area contributed by atoms with Crippen LogP contribution in [0.4, 0.5) is 0 Å². The first-order valence-electron chi connectivity index (χ1n) is 24.8. The first-order valence-corrected chi connectivity index (χ1v) is 24.8. The number of carbonyl (C=O) groups is 9. The first-order chi connectivity index (χ1) is 35.9. The summed E-state index contributed by atoms with van der Waals surface area (Å²) in [4.78, 5) is 125. The number of nitrogens with one attached hydrogen (secondary N) is 6. The van der Waals surface area contributed by atoms with Crippen molar-refractivity contribution in [3.63, 3.8) is 0 Å². The molecule has 0 aliphatic carbocycles. The van der Waals surface area contributed by atoms with Crippen LogP contribution in [0.5, 0.6) is 5.75 Å². The predicted molar refractivity (Wildman–Crippen MR) is 276 cm³/mol. The summed E-state index contributed by atoms with van der Waals surface area (Å²) in [5, 5.41) is 50.5. The van der Waals surface area contributed by atoms with Gasteiger partial charge in [0.25, 0.3) is 0 Å². The number of aromatic nitrogens is 2. The molecule has 416 valence electrons. The molecule has 1 aliphatic rings. The smallest absolute Gasteiger partial charge is 0.326 e. The Hall–Kier alpha value is -8.13. The highest BCUT2D eigenvalue weighted by Crippen LogP contribution is 2.20. The van der Waals surface area contributed by atoms with Crippen molar-refractivity contribution in [2.24, 2.45) is 39.8 Å². The number of H-pyrrole nitrogens is 1. The molecule has 1 fully saturated rings. The normalized spacial score (nSPS) is 16.1. The zero-order valence-corrected chi connectivity index (χ0v) is 43.0. The Balaban J connectivity index is 0.000000445. The fourth-order valence-electron chi connectivity index (χ4n) is 7.95. The number of aromatic amines is 1. The molecule has 2 aromatic carbocycles. The van der Waals surface area contributed by atoms with Crippen LogP contribution in [0.2, 0.25) is 0 Å². The Morgan fingerprint density at radius 3 is 1.91 bits per heavy atom. The summed E-state index contributed by atoms with van der Waals surface area (Å²) in [7, 11) is 0. The van der Waals surface area contributed by atoms with E-state index >= 15 is 0 Å². The summed E-state index contributed by atoms with van der Waals surface area (Å²) >= 11 is 0. The minimum absolute atomic E-state index is 0.00134. The van der Waals surface area contributed by atoms with Gasteiger partial charge < -0.3 is 79.8 Å². The highest BCUT2D eigenvalue weighted by atomic mass is 16.4. The average Bonchev–Trinajstić information content (AvgIpc) is 4.08. The molecule has 0 radical (unpaired) electrons. The van der Waals surface area contributed by atoms with Crippen molar-refractivity contribution in [3.05, 3.63) is 83.9 Å². The molecule has 1 aromatic heterocycles. The van der Waals surface area contributed by atoms with Crippen LogP contribution in [0.1, 0.15) is 83.0 Å². The van der Waals surface area contributed by atoms with Crippen LogP contribution in [0.25, 0.3) is 0 Å². The standard InChI is InChI=1S/C30H48N8O9.C20H25N5O4/c1-5-16(4)24(29(46)47)38-27(44)21(13-17-8-10-18(39)11-9-17)36-28(45)23(15(2)3)37-26(43)20(7-6-12-34-30(32)33)35-25(42)19(31)14-22(40)41;21-15(10-14-11-22-12-23-14)19(27)25-8-4-7-17(25)18(26)24-16(20(28)29)9-13-5-2-1-3-6-13/h8-11,15-16,19-21,23-24,39H,5-7,12-14,31H2,1-4H3,(H,35,42)(H,36,45)(H,37,43)(H,38,44)(H,40,41)(H,46,47)(H4,32,33,34);1-3,5-6,11-12,15-17H,4,7-10,21H2,(H,22,23)(H,24,26)(H,28,29)/t;15?,16?,17-/m.0/s1. The number of guanidine groups is 1. The molecule has 3 aromatic rings. The van der Waals surface area contributed by atoms with Gasteiger partial charge in [0.15, 0.2) is 5.96 Å². The van der Waals surface area contributed by atoms with Crippen molar-refractivity contribution in [1.82, 2.24) is 41.5 Å². The van der Waals surface area contributed by atoms with Crippen LogP contribution in [-0.4, -0.2) is 156 Å². The highest BCUT2D eigenvalue weighted by molar-refractivity contribution is 5.96. The van der Waals surface area contributed by atoms with E-state index in [1.54, 1.807) is 33.9 Å². The summed E-state index contributed by atoms with van der Waals surface area (Å²) in [6, 6.07) is 5.92. The van der Waals surface area contributed by atoms with Crippen molar-refractivity contribution in [3.8, 4) is 5.75 Å². The second-order valence-electron chi connectivity index (χ2n) is 18.8. The Bertz CT molecular complexity index is 2440. The van der Waals surface area contributed by atoms with Gasteiger partial charge in [-0.2, -0.15) is 0 Å². The maximum Gasteiger partial charge on any atom is 0.326 e. The van der Waals surface area contributed by atoms with Gasteiger partial charge >= 0.3 is 17.9 Å². The lowest BCUT2D eigenvalue weighted by Gasteiger charge is -2.28. The van der Waals surface area contributed by atoms with Crippen LogP contribution >= 0.6 is 0 Å². The monoisotopic (exact) mass is 1060 g/mol. The van der Waals surface area contributed by atoms with Gasteiger partial charge in [-0.1, -0.05) is 76.6 Å². The number of nitrogens with zero attached hydrogens (tertiary/aromatic N) is 3. The highest BCUT2D eigenvalue weighted by Gasteiger charge is 2.38. The number of aromatic hydroxyl groups is 1. The summed E-state index contributed by atoms with van der Waals surface area (Å²) < 4.78 is 0. The molecule has 6 amide bonds. The number of aliphatic imine (C=N–C) groups is 1. The second kappa shape index (κ2) is 30.9. The Labute approximate surface area is 439 Å². The van der Waals surface area contributed by atoms with Crippen molar-refractivity contribution in [2.45, 2.75) is 134 Å². The summed E-state index contributed by atoms with van der Waals surface area (Å²) in [6.45, 7) is 7.24. The predicted octanol–water partition coefficient (Wildman–Crippen LogP) is -1.40. The van der Waals surface area contributed by atoms with E-state index < -0.39 is 114 Å². The molecule has 9 atom stereocenters. The molecular weight excluding hydrogens is 991 g/mol. The number of amides is 6. The number of hydrogen-bond acceptors (Lipinski definition) is 14. The first kappa shape index (κ1) is 62.2. The topological polar surface area (TPSA) is 443 Å². The maximum atomic E-state index is 13.6. The number of carboxylic acid groups (broad SMARTS) is 3. The lowest BCUT2D eigenvalue weighted by molar-refractivity contribution is -0.144. The molecule has 2 heterocycles. The van der Waals surface area contributed by atoms with Crippen LogP contribution in [0, 0.1) is 11.8 Å². The van der Waals surface area contributed by atoms with E-state index in [2.05, 4.69) is 41.5 Å². The second-order valence-corrected chi connectivity index (χ2v) is 18.8. The molecule has 1 saturated heterocycles. The number of aliphatic carboxylic acids is 3. The Morgan fingerprint density at radius 2 is 1.34 bits per heavy atom. The third-order valence-corrected chi connectivity index (χ3v) is 12.4. The van der Waals surface area contributed by atoms with Gasteiger partial charge in [-0.25, -0.2) is 14.6 Å². The molecule has 76 heavy (non-hydrogen) atoms. The van der Waals surface area contributed by atoms with E-state index in [9.17, 15) is 58.5 Å². The maximum absolute atomic E-state index is 13.6. The van der Waals surface area contributed by atoms with Gasteiger partial charge in [-0.3, -0.25) is 38.6 Å². The number of benzene rings is 2. The third kappa shape index (κ3) is 20.6. The molecule has 26 heteroatoms. The number of phenolic OH excluding ortho intramolecular Hbond substituents is 1. The summed E-state index contributed by atoms with van der Waals surface area (Å²) in [6.07, 6.45) is 4.63. The lowest BCUT2D eigenvalue weighted by Crippen LogP contribution is -2.60. The Kier molecular flexibility index (Phi) is 25.3. The molecule has 0 saturated carbocycles. The van der Waals surface area contributed by atoms with Gasteiger partial charge in [0.2, 0.25) is 35.4 Å². The molecule has 8 unspecified atom stereocenters. The lowest BCUT2D eigenvalue weighted by atomic mass is 9.97. The number of rotatable bonds is 28. The molecule has 4 rings (SSSR count). The van der Waals surface area contributed by atoms with Crippen molar-refractivity contribution < 1.29 is 63.6 Å². The molecule has 0 bridgehead atoms. The van der Waals surface area contributed by atoms with Gasteiger partial charge in [-0.15, -0.1) is 0 Å². The largest absolute Gasteiger partial charge is 0.508 e. The number of imidazole rings is 1. The van der Waals surface area contributed by atoms with E-state index in [1.807, 2.05) is 30.3 Å². The summed E-state index contributed by atoms with van der Waals surface area (Å²) in [5.41, 5.74) is 24.5. The number of hydrogen-bond donors (Lipinski definition) is 14. The van der Waals surface area contributed by atoms with E-state index in [-0.39, 0.29) is 56.3 Å². The average molecular weight is 1060 g/mol. The molecule has 26 nitrogen and oxygen atoms in total. The SMILES string of the molecule is CCC(C)C(NC(=O)C(Cc1ccc(O)cc1)NC(=O)C(NC(=O)C(CCCN=C(N)N)NC(=O)C(N)CC(=O)O)C(C)C)C(=O)O.NC(Cc1cnc[nH]1)C(=O)N1CCC[C@H]1C(=O)NC(Cc1ccccc1)C(=O)O. The van der Waals surface area contributed by atoms with Crippen LogP contribution < -0.4 is 49.5 Å². The van der Waals surface area contributed by atoms with E-state index in [0.29, 0.717) is 31.4 Å². The molecular formula is C50H73N13O13. The number of nitrogens with two attached hydrogens (primary N) is 4. The minimum atomic E-state index is -1.45. The van der Waals surface area contributed by atoms with Crippen LogP contribution in [0.15, 0.2) is 72.1 Å². The van der Waals surface area contributed by atoms with Crippen molar-refractivity contribution >= 4 is 59.3 Å². The van der Waals surface area contributed by atoms with E-state index in [1.165, 1.54) is 35.5 Å². The number of phenols is 1. The number of likely N-dealkylation sites (tertiary alicyclic amines) is 1. The number of carboxylic acids is 3. The molecule has 0 spiro atoms. The van der Waals surface area contributed by atoms with E-state index in [4.69, 9.17) is 28.0 Å². The van der Waals surface area contributed by atoms with Crippen LogP contribution in [-0.2, 0) is 62.4 Å². The van der Waals surface area contributed by atoms with Crippen molar-refractivity contribution in [1.29, 1.82) is 0 Å². The van der Waals surface area contributed by atoms with Gasteiger partial charge in [0.1, 0.15) is 42.0 Å². The van der Waals surface area contributed by atoms with Gasteiger partial charge in [0.05, 0.1) is 24.8 Å².